The van der Waals surface area contributed by atoms with Crippen LogP contribution in [0.4, 0.5) is 11.4 Å². The number of carbonyl (C=O) groups excluding carboxylic acids is 1. The third kappa shape index (κ3) is 3.86. The van der Waals surface area contributed by atoms with Crippen molar-refractivity contribution in [3.05, 3.63) is 47.0 Å². The van der Waals surface area contributed by atoms with Gasteiger partial charge in [-0.2, -0.15) is 0 Å². The van der Waals surface area contributed by atoms with Crippen molar-refractivity contribution in [1.29, 1.82) is 0 Å². The molecule has 2 aromatic rings. The summed E-state index contributed by atoms with van der Waals surface area (Å²) in [6.07, 6.45) is -0.0992. The zero-order chi connectivity index (χ0) is 20.6. The predicted octanol–water partition coefficient (Wildman–Crippen LogP) is 3.96. The van der Waals surface area contributed by atoms with Crippen LogP contribution >= 0.6 is 11.8 Å². The Bertz CT molecular complexity index is 950. The first-order valence-corrected chi connectivity index (χ1v) is 9.78. The third-order valence-electron chi connectivity index (χ3n) is 4.37. The van der Waals surface area contributed by atoms with E-state index in [9.17, 15) is 14.7 Å². The molecule has 0 amide bonds. The summed E-state index contributed by atoms with van der Waals surface area (Å²) in [6.45, 7) is 5.82. The highest BCUT2D eigenvalue weighted by Gasteiger charge is 2.30. The first-order valence-electron chi connectivity index (χ1n) is 8.97. The molecule has 1 heterocycles. The van der Waals surface area contributed by atoms with Gasteiger partial charge in [0.15, 0.2) is 0 Å². The molecule has 6 nitrogen and oxygen atoms in total. The largest absolute Gasteiger partial charge is 0.481 e. The summed E-state index contributed by atoms with van der Waals surface area (Å²) < 4.78 is 5.57. The standard InChI is InChI=1S/C21H24N2O4S/c1-21(2,3)27-20(26)14-6-5-7-15-19(14)28-18-12(10-16(24)25)8-9-13(11-22)17(18)23(15)4/h5-9H,10-11,22H2,1-4H3,(H,24,25). The zero-order valence-electron chi connectivity index (χ0n) is 16.4. The number of aliphatic carboxylic acids is 1. The number of hydrogen-bond donors (Lipinski definition) is 2. The van der Waals surface area contributed by atoms with Gasteiger partial charge in [0.25, 0.3) is 0 Å². The molecule has 0 radical (unpaired) electrons. The fourth-order valence-electron chi connectivity index (χ4n) is 3.21. The predicted molar refractivity (Wildman–Crippen MR) is 109 cm³/mol. The van der Waals surface area contributed by atoms with Crippen molar-refractivity contribution >= 4 is 35.1 Å². The lowest BCUT2D eigenvalue weighted by molar-refractivity contribution is -0.136. The van der Waals surface area contributed by atoms with E-state index in [1.165, 1.54) is 11.8 Å². The highest BCUT2D eigenvalue weighted by atomic mass is 32.2. The molecule has 0 spiro atoms. The van der Waals surface area contributed by atoms with Gasteiger partial charge in [-0.1, -0.05) is 30.0 Å². The minimum atomic E-state index is -0.905. The van der Waals surface area contributed by atoms with Crippen LogP contribution in [-0.2, 0) is 22.5 Å². The maximum atomic E-state index is 12.8. The van der Waals surface area contributed by atoms with Crippen molar-refractivity contribution in [2.45, 2.75) is 49.1 Å². The Hall–Kier alpha value is -2.51. The normalized spacial score (nSPS) is 13.0. The van der Waals surface area contributed by atoms with Gasteiger partial charge < -0.3 is 20.5 Å². The number of hydrogen-bond acceptors (Lipinski definition) is 6. The summed E-state index contributed by atoms with van der Waals surface area (Å²) in [5.41, 5.74) is 9.16. The second-order valence-electron chi connectivity index (χ2n) is 7.65. The molecule has 0 aromatic heterocycles. The number of carboxylic acid groups (broad SMARTS) is 1. The van der Waals surface area contributed by atoms with E-state index in [-0.39, 0.29) is 6.42 Å². The molecule has 7 heteroatoms. The molecule has 0 aliphatic carbocycles. The van der Waals surface area contributed by atoms with E-state index in [4.69, 9.17) is 10.5 Å². The molecule has 3 N–H and O–H groups in total. The van der Waals surface area contributed by atoms with Gasteiger partial charge >= 0.3 is 11.9 Å². The van der Waals surface area contributed by atoms with Gasteiger partial charge in [0.05, 0.1) is 28.3 Å². The lowest BCUT2D eigenvalue weighted by atomic mass is 10.0. The molecule has 148 valence electrons. The van der Waals surface area contributed by atoms with E-state index in [2.05, 4.69) is 0 Å². The van der Waals surface area contributed by atoms with Crippen LogP contribution in [0.25, 0.3) is 0 Å². The highest BCUT2D eigenvalue weighted by molar-refractivity contribution is 8.00. The van der Waals surface area contributed by atoms with Gasteiger partial charge in [-0.3, -0.25) is 4.79 Å². The Kier molecular flexibility index (Phi) is 5.41. The quantitative estimate of drug-likeness (QED) is 0.750. The lowest BCUT2D eigenvalue weighted by Crippen LogP contribution is -2.25. The molecule has 2 aromatic carbocycles. The van der Waals surface area contributed by atoms with Gasteiger partial charge in [0.1, 0.15) is 5.60 Å². The third-order valence-corrected chi connectivity index (χ3v) is 5.66. The van der Waals surface area contributed by atoms with Crippen LogP contribution in [0.2, 0.25) is 0 Å². The van der Waals surface area contributed by atoms with Crippen LogP contribution in [0.5, 0.6) is 0 Å². The molecule has 1 aliphatic heterocycles. The van der Waals surface area contributed by atoms with Crippen molar-refractivity contribution in [3.8, 4) is 0 Å². The van der Waals surface area contributed by atoms with E-state index < -0.39 is 17.5 Å². The molecule has 0 bridgehead atoms. The zero-order valence-corrected chi connectivity index (χ0v) is 17.2. The lowest BCUT2D eigenvalue weighted by Gasteiger charge is -2.33. The van der Waals surface area contributed by atoms with Crippen molar-refractivity contribution in [3.63, 3.8) is 0 Å². The van der Waals surface area contributed by atoms with E-state index in [1.807, 2.05) is 50.9 Å². The SMILES string of the molecule is CN1c2cccc(C(=O)OC(C)(C)C)c2Sc2c(CC(=O)O)ccc(CN)c21. The number of esters is 1. The molecule has 0 saturated heterocycles. The summed E-state index contributed by atoms with van der Waals surface area (Å²) >= 11 is 1.40. The van der Waals surface area contributed by atoms with Crippen LogP contribution in [-0.4, -0.2) is 29.7 Å². The van der Waals surface area contributed by atoms with E-state index >= 15 is 0 Å². The maximum absolute atomic E-state index is 12.8. The topological polar surface area (TPSA) is 92.9 Å². The second kappa shape index (κ2) is 7.48. The molecule has 1 aliphatic rings. The van der Waals surface area contributed by atoms with Gasteiger partial charge in [0, 0.05) is 18.5 Å². The second-order valence-corrected chi connectivity index (χ2v) is 8.67. The van der Waals surface area contributed by atoms with Crippen LogP contribution in [0.1, 0.15) is 42.3 Å². The Morgan fingerprint density at radius 2 is 1.82 bits per heavy atom. The molecular weight excluding hydrogens is 376 g/mol. The molecule has 0 saturated carbocycles. The minimum Gasteiger partial charge on any atom is -0.481 e. The Balaban J connectivity index is 2.15. The number of ether oxygens (including phenoxy) is 1. The molecule has 3 rings (SSSR count). The smallest absolute Gasteiger partial charge is 0.339 e. The van der Waals surface area contributed by atoms with Crippen molar-refractivity contribution in [2.75, 3.05) is 11.9 Å². The van der Waals surface area contributed by atoms with Crippen LogP contribution in [0.15, 0.2) is 40.1 Å². The fraction of sp³-hybridized carbons (Fsp3) is 0.333. The molecule has 0 fully saturated rings. The molecule has 0 unspecified atom stereocenters. The number of anilines is 2. The number of nitrogens with two attached hydrogens (primary N) is 1. The summed E-state index contributed by atoms with van der Waals surface area (Å²) in [4.78, 5) is 27.7. The number of carboxylic acids is 1. The number of nitrogens with zero attached hydrogens (tertiary/aromatic N) is 1. The minimum absolute atomic E-state index is 0.0992. The summed E-state index contributed by atoms with van der Waals surface area (Å²) in [5.74, 6) is -1.30. The maximum Gasteiger partial charge on any atom is 0.339 e. The fourth-order valence-corrected chi connectivity index (χ4v) is 4.63. The van der Waals surface area contributed by atoms with Gasteiger partial charge in [0.2, 0.25) is 0 Å². The molecular formula is C21H24N2O4S. The summed E-state index contributed by atoms with van der Waals surface area (Å²) in [5, 5.41) is 9.30. The number of carbonyl (C=O) groups is 2. The summed E-state index contributed by atoms with van der Waals surface area (Å²) in [6, 6.07) is 9.17. The highest BCUT2D eigenvalue weighted by Crippen LogP contribution is 2.51. The number of benzene rings is 2. The van der Waals surface area contributed by atoms with Crippen molar-refractivity contribution in [1.82, 2.24) is 0 Å². The van der Waals surface area contributed by atoms with E-state index in [0.717, 1.165) is 26.7 Å². The van der Waals surface area contributed by atoms with Gasteiger partial charge in [-0.05, 0) is 44.0 Å². The van der Waals surface area contributed by atoms with Crippen LogP contribution in [0, 0.1) is 0 Å². The average Bonchev–Trinajstić information content (AvgIpc) is 2.60. The van der Waals surface area contributed by atoms with Crippen LogP contribution in [0.3, 0.4) is 0 Å². The van der Waals surface area contributed by atoms with Crippen molar-refractivity contribution in [2.24, 2.45) is 5.73 Å². The first kappa shape index (κ1) is 20.2. The first-order chi connectivity index (χ1) is 13.1. The number of fused-ring (bicyclic) bond motifs is 2. The van der Waals surface area contributed by atoms with Gasteiger partial charge in [-0.15, -0.1) is 0 Å². The Morgan fingerprint density at radius 1 is 1.14 bits per heavy atom. The molecule has 0 atom stereocenters. The Labute approximate surface area is 168 Å². The van der Waals surface area contributed by atoms with Gasteiger partial charge in [-0.25, -0.2) is 4.79 Å². The Morgan fingerprint density at radius 3 is 2.43 bits per heavy atom. The van der Waals surface area contributed by atoms with Crippen LogP contribution < -0.4 is 10.6 Å². The monoisotopic (exact) mass is 400 g/mol. The number of rotatable bonds is 4. The average molecular weight is 401 g/mol. The van der Waals surface area contributed by atoms with E-state index in [1.54, 1.807) is 12.1 Å². The van der Waals surface area contributed by atoms with E-state index in [0.29, 0.717) is 17.7 Å². The summed E-state index contributed by atoms with van der Waals surface area (Å²) in [7, 11) is 1.90. The van der Waals surface area contributed by atoms with Crippen molar-refractivity contribution < 1.29 is 19.4 Å². The molecule has 28 heavy (non-hydrogen) atoms.